The van der Waals surface area contributed by atoms with Crippen molar-refractivity contribution in [2.45, 2.75) is 39.5 Å². The Morgan fingerprint density at radius 2 is 2.00 bits per heavy atom. The van der Waals surface area contributed by atoms with Crippen LogP contribution in [-0.4, -0.2) is 16.5 Å². The van der Waals surface area contributed by atoms with E-state index in [2.05, 4.69) is 41.3 Å². The molecule has 0 saturated carbocycles. The van der Waals surface area contributed by atoms with Gasteiger partial charge in [-0.25, -0.2) is 4.98 Å². The van der Waals surface area contributed by atoms with Crippen molar-refractivity contribution in [1.29, 1.82) is 0 Å². The first-order valence-corrected chi connectivity index (χ1v) is 7.77. The van der Waals surface area contributed by atoms with Crippen molar-refractivity contribution in [3.8, 4) is 0 Å². The molecule has 1 unspecified atom stereocenters. The summed E-state index contributed by atoms with van der Waals surface area (Å²) in [6.07, 6.45) is 0. The van der Waals surface area contributed by atoms with Crippen LogP contribution in [-0.2, 0) is 0 Å². The molecule has 0 amide bonds. The van der Waals surface area contributed by atoms with Crippen molar-refractivity contribution >= 4 is 11.6 Å². The number of aromatic nitrogens is 2. The fourth-order valence-electron chi connectivity index (χ4n) is 2.98. The van der Waals surface area contributed by atoms with E-state index in [0.717, 1.165) is 5.69 Å². The molecular formula is C17H24N4O. The summed E-state index contributed by atoms with van der Waals surface area (Å²) in [6, 6.07) is 8.32. The second-order valence-electron chi connectivity index (χ2n) is 5.34. The zero-order valence-corrected chi connectivity index (χ0v) is 13.6. The van der Waals surface area contributed by atoms with Crippen LogP contribution in [0.3, 0.4) is 0 Å². The lowest BCUT2D eigenvalue weighted by Gasteiger charge is -2.20. The van der Waals surface area contributed by atoms with E-state index in [0.29, 0.717) is 12.2 Å². The highest BCUT2D eigenvalue weighted by Crippen LogP contribution is 2.39. The number of fused-ring (bicyclic) bond motifs is 1. The smallest absolute Gasteiger partial charge is 0.275 e. The van der Waals surface area contributed by atoms with Gasteiger partial charge in [-0.3, -0.25) is 9.78 Å². The van der Waals surface area contributed by atoms with Crippen molar-refractivity contribution in [1.82, 2.24) is 9.97 Å². The molecule has 1 aliphatic rings. The third-order valence-corrected chi connectivity index (χ3v) is 4.10. The van der Waals surface area contributed by atoms with Crippen molar-refractivity contribution in [2.24, 2.45) is 0 Å². The Labute approximate surface area is 131 Å². The fraction of sp³-hybridized carbons (Fsp3) is 0.412. The van der Waals surface area contributed by atoms with Gasteiger partial charge in [-0.2, -0.15) is 0 Å². The van der Waals surface area contributed by atoms with Crippen LogP contribution >= 0.6 is 0 Å². The molecule has 0 radical (unpaired) electrons. The molecule has 2 atom stereocenters. The summed E-state index contributed by atoms with van der Waals surface area (Å²) in [6.45, 7) is 8.99. The summed E-state index contributed by atoms with van der Waals surface area (Å²) in [5, 5.41) is 3.15. The van der Waals surface area contributed by atoms with Gasteiger partial charge in [0.2, 0.25) is 5.95 Å². The Morgan fingerprint density at radius 3 is 2.68 bits per heavy atom. The molecule has 2 heterocycles. The van der Waals surface area contributed by atoms with Crippen molar-refractivity contribution < 1.29 is 0 Å². The number of aryl methyl sites for hydroxylation is 1. The number of nitrogens with zero attached hydrogens (tertiary/aromatic N) is 1. The molecule has 118 valence electrons. The summed E-state index contributed by atoms with van der Waals surface area (Å²) in [5.41, 5.74) is 9.36. The monoisotopic (exact) mass is 300 g/mol. The van der Waals surface area contributed by atoms with Crippen LogP contribution in [0.1, 0.15) is 49.4 Å². The van der Waals surface area contributed by atoms with E-state index < -0.39 is 0 Å². The highest BCUT2D eigenvalue weighted by atomic mass is 16.1. The van der Waals surface area contributed by atoms with E-state index in [1.54, 1.807) is 0 Å². The maximum absolute atomic E-state index is 11.9. The van der Waals surface area contributed by atoms with Crippen LogP contribution in [0.4, 0.5) is 11.6 Å². The zero-order chi connectivity index (χ0) is 16.3. The van der Waals surface area contributed by atoms with Crippen LogP contribution in [0, 0.1) is 6.92 Å². The van der Waals surface area contributed by atoms with E-state index in [4.69, 9.17) is 5.73 Å². The standard InChI is InChI=1S/C15H18N4O.C2H6/c1-8-5-3-4-6-10(8)9(2)11-7-17-13-12(11)18-15(16)19-14(13)20;1-2/h3-6,9,11,17H,7H2,1-2H3,(H3,16,18,19,20);1-2H3/t9-,11?;/m0./s1. The molecule has 5 heteroatoms. The number of nitrogens with one attached hydrogen (secondary N) is 2. The average Bonchev–Trinajstić information content (AvgIpc) is 2.93. The molecule has 1 aliphatic heterocycles. The van der Waals surface area contributed by atoms with E-state index in [1.165, 1.54) is 11.1 Å². The molecule has 0 saturated heterocycles. The van der Waals surface area contributed by atoms with Crippen LogP contribution in [0.2, 0.25) is 0 Å². The van der Waals surface area contributed by atoms with Gasteiger partial charge in [-0.05, 0) is 24.0 Å². The number of hydrogen-bond acceptors (Lipinski definition) is 4. The Balaban J connectivity index is 0.000000847. The number of benzene rings is 1. The summed E-state index contributed by atoms with van der Waals surface area (Å²) in [4.78, 5) is 18.7. The summed E-state index contributed by atoms with van der Waals surface area (Å²) in [5.74, 6) is 0.619. The summed E-state index contributed by atoms with van der Waals surface area (Å²) < 4.78 is 0. The van der Waals surface area contributed by atoms with Crippen LogP contribution < -0.4 is 16.6 Å². The molecular weight excluding hydrogens is 276 g/mol. The van der Waals surface area contributed by atoms with Crippen LogP contribution in [0.5, 0.6) is 0 Å². The van der Waals surface area contributed by atoms with Crippen molar-refractivity contribution in [2.75, 3.05) is 17.6 Å². The number of rotatable bonds is 2. The molecule has 22 heavy (non-hydrogen) atoms. The van der Waals surface area contributed by atoms with E-state index in [9.17, 15) is 4.79 Å². The number of anilines is 2. The lowest BCUT2D eigenvalue weighted by Crippen LogP contribution is -2.15. The molecule has 0 fully saturated rings. The van der Waals surface area contributed by atoms with Crippen molar-refractivity contribution in [3.05, 3.63) is 51.4 Å². The molecule has 0 aliphatic carbocycles. The molecule has 5 nitrogen and oxygen atoms in total. The maximum atomic E-state index is 11.9. The minimum absolute atomic E-state index is 0.163. The maximum Gasteiger partial charge on any atom is 0.275 e. The SMILES string of the molecule is CC.Cc1ccccc1[C@H](C)C1CNc2c1nc(N)[nH]c2=O. The lowest BCUT2D eigenvalue weighted by molar-refractivity contribution is 0.604. The van der Waals surface area contributed by atoms with Gasteiger partial charge in [0, 0.05) is 12.5 Å². The fourth-order valence-corrected chi connectivity index (χ4v) is 2.98. The number of H-pyrrole nitrogens is 1. The molecule has 0 bridgehead atoms. The van der Waals surface area contributed by atoms with Crippen molar-refractivity contribution in [3.63, 3.8) is 0 Å². The number of aromatic amines is 1. The van der Waals surface area contributed by atoms with Gasteiger partial charge in [0.25, 0.3) is 5.56 Å². The second-order valence-corrected chi connectivity index (χ2v) is 5.34. The first kappa shape index (κ1) is 16.1. The third-order valence-electron chi connectivity index (χ3n) is 4.10. The molecule has 1 aromatic heterocycles. The molecule has 3 rings (SSSR count). The van der Waals surface area contributed by atoms with E-state index in [-0.39, 0.29) is 23.3 Å². The van der Waals surface area contributed by atoms with Gasteiger partial charge >= 0.3 is 0 Å². The molecule has 1 aromatic carbocycles. The first-order valence-electron chi connectivity index (χ1n) is 7.77. The second kappa shape index (κ2) is 6.64. The average molecular weight is 300 g/mol. The number of nitrogen functional groups attached to an aromatic ring is 1. The Morgan fingerprint density at radius 1 is 1.32 bits per heavy atom. The molecule has 2 aromatic rings. The van der Waals surface area contributed by atoms with E-state index in [1.807, 2.05) is 26.0 Å². The van der Waals surface area contributed by atoms with Gasteiger partial charge in [0.15, 0.2) is 0 Å². The quantitative estimate of drug-likeness (QED) is 0.796. The lowest BCUT2D eigenvalue weighted by atomic mass is 9.84. The Bertz CT molecular complexity index is 708. The largest absolute Gasteiger partial charge is 0.378 e. The first-order chi connectivity index (χ1) is 10.6. The number of nitrogens with two attached hydrogens (primary N) is 1. The van der Waals surface area contributed by atoms with E-state index >= 15 is 0 Å². The Hall–Kier alpha value is -2.30. The molecule has 0 spiro atoms. The van der Waals surface area contributed by atoms with Gasteiger partial charge in [0.1, 0.15) is 5.69 Å². The van der Waals surface area contributed by atoms with Gasteiger partial charge < -0.3 is 11.1 Å². The Kier molecular flexibility index (Phi) is 4.85. The molecule has 4 N–H and O–H groups in total. The van der Waals surface area contributed by atoms with Gasteiger partial charge in [-0.15, -0.1) is 0 Å². The summed E-state index contributed by atoms with van der Waals surface area (Å²) in [7, 11) is 0. The predicted octanol–water partition coefficient (Wildman–Crippen LogP) is 3.00. The van der Waals surface area contributed by atoms with Crippen LogP contribution in [0.25, 0.3) is 0 Å². The zero-order valence-electron chi connectivity index (χ0n) is 13.6. The normalized spacial score (nSPS) is 17.0. The van der Waals surface area contributed by atoms with Gasteiger partial charge in [0.05, 0.1) is 5.69 Å². The minimum Gasteiger partial charge on any atom is -0.378 e. The van der Waals surface area contributed by atoms with Gasteiger partial charge in [-0.1, -0.05) is 45.0 Å². The third kappa shape index (κ3) is 2.84. The van der Waals surface area contributed by atoms with Crippen LogP contribution in [0.15, 0.2) is 29.1 Å². The minimum atomic E-state index is -0.188. The highest BCUT2D eigenvalue weighted by molar-refractivity contribution is 5.55. The summed E-state index contributed by atoms with van der Waals surface area (Å²) >= 11 is 0. The predicted molar refractivity (Wildman–Crippen MR) is 91.4 cm³/mol. The highest BCUT2D eigenvalue weighted by Gasteiger charge is 2.32. The number of hydrogen-bond donors (Lipinski definition) is 3. The topological polar surface area (TPSA) is 83.8 Å².